The molecule has 0 spiro atoms. The molecule has 1 aliphatic heterocycles. The van der Waals surface area contributed by atoms with Crippen LogP contribution in [0.15, 0.2) is 17.0 Å². The number of amides is 1. The fourth-order valence-electron chi connectivity index (χ4n) is 2.35. The van der Waals surface area contributed by atoms with Crippen LogP contribution in [0.1, 0.15) is 12.8 Å². The first kappa shape index (κ1) is 16.4. The molecule has 1 fully saturated rings. The lowest BCUT2D eigenvalue weighted by molar-refractivity contribution is -0.122. The Labute approximate surface area is 133 Å². The Morgan fingerprint density at radius 1 is 1.29 bits per heavy atom. The van der Waals surface area contributed by atoms with Crippen molar-refractivity contribution >= 4 is 44.8 Å². The van der Waals surface area contributed by atoms with Gasteiger partial charge in [-0.2, -0.15) is 4.31 Å². The van der Waals surface area contributed by atoms with Gasteiger partial charge in [-0.1, -0.05) is 23.2 Å². The van der Waals surface area contributed by atoms with Gasteiger partial charge in [-0.3, -0.25) is 4.79 Å². The number of nitrogen functional groups attached to an aromatic ring is 1. The number of primary amides is 1. The number of piperidine rings is 1. The minimum atomic E-state index is -3.90. The van der Waals surface area contributed by atoms with Crippen molar-refractivity contribution in [1.82, 2.24) is 4.31 Å². The highest BCUT2D eigenvalue weighted by atomic mass is 35.5. The molecule has 1 heterocycles. The number of sulfonamides is 1. The minimum Gasteiger partial charge on any atom is -0.399 e. The smallest absolute Gasteiger partial charge is 0.246 e. The molecule has 116 valence electrons. The lowest BCUT2D eigenvalue weighted by atomic mass is 9.99. The molecule has 2 rings (SSSR count). The van der Waals surface area contributed by atoms with Crippen LogP contribution in [0.25, 0.3) is 0 Å². The summed E-state index contributed by atoms with van der Waals surface area (Å²) in [7, 11) is -3.90. The Morgan fingerprint density at radius 2 is 1.86 bits per heavy atom. The zero-order valence-corrected chi connectivity index (χ0v) is 13.4. The molecule has 9 heteroatoms. The first-order chi connectivity index (χ1) is 9.73. The maximum atomic E-state index is 12.7. The van der Waals surface area contributed by atoms with Gasteiger partial charge < -0.3 is 11.5 Å². The minimum absolute atomic E-state index is 0.0364. The highest BCUT2D eigenvalue weighted by molar-refractivity contribution is 7.89. The van der Waals surface area contributed by atoms with Crippen LogP contribution in [0.4, 0.5) is 5.69 Å². The molecule has 0 bridgehead atoms. The van der Waals surface area contributed by atoms with E-state index in [0.717, 1.165) is 0 Å². The van der Waals surface area contributed by atoms with Crippen molar-refractivity contribution in [2.45, 2.75) is 17.7 Å². The van der Waals surface area contributed by atoms with E-state index >= 15 is 0 Å². The van der Waals surface area contributed by atoms with E-state index in [-0.39, 0.29) is 27.2 Å². The quantitative estimate of drug-likeness (QED) is 0.803. The second-order valence-electron chi connectivity index (χ2n) is 4.92. The van der Waals surface area contributed by atoms with E-state index < -0.39 is 21.8 Å². The van der Waals surface area contributed by atoms with Gasteiger partial charge in [-0.25, -0.2) is 8.42 Å². The van der Waals surface area contributed by atoms with Crippen LogP contribution in [0.2, 0.25) is 10.0 Å². The zero-order chi connectivity index (χ0) is 15.8. The SMILES string of the molecule is NC(=O)C1CCCN(S(=O)(=O)c2c(Cl)cc(N)cc2Cl)C1. The molecule has 1 unspecified atom stereocenters. The summed E-state index contributed by atoms with van der Waals surface area (Å²) in [6, 6.07) is 2.66. The van der Waals surface area contributed by atoms with Gasteiger partial charge in [0.15, 0.2) is 0 Å². The summed E-state index contributed by atoms with van der Waals surface area (Å²) in [6.45, 7) is 0.331. The number of hydrogen-bond donors (Lipinski definition) is 2. The van der Waals surface area contributed by atoms with Gasteiger partial charge in [0.05, 0.1) is 16.0 Å². The monoisotopic (exact) mass is 351 g/mol. The number of anilines is 1. The van der Waals surface area contributed by atoms with Crippen molar-refractivity contribution in [3.63, 3.8) is 0 Å². The van der Waals surface area contributed by atoms with Crippen LogP contribution in [0.3, 0.4) is 0 Å². The molecule has 1 aromatic rings. The zero-order valence-electron chi connectivity index (χ0n) is 11.1. The molecule has 0 saturated carbocycles. The Kier molecular flexibility index (Phi) is 4.67. The highest BCUT2D eigenvalue weighted by Crippen LogP contribution is 2.35. The molecular formula is C12H15Cl2N3O3S. The average molecular weight is 352 g/mol. The first-order valence-electron chi connectivity index (χ1n) is 6.27. The largest absolute Gasteiger partial charge is 0.399 e. The number of halogens is 2. The maximum absolute atomic E-state index is 12.7. The summed E-state index contributed by atoms with van der Waals surface area (Å²) in [4.78, 5) is 11.1. The third kappa shape index (κ3) is 3.26. The molecule has 1 saturated heterocycles. The van der Waals surface area contributed by atoms with E-state index in [2.05, 4.69) is 0 Å². The number of nitrogens with zero attached hydrogens (tertiary/aromatic N) is 1. The standard InChI is InChI=1S/C12H15Cl2N3O3S/c13-9-4-8(15)5-10(14)11(9)21(19,20)17-3-1-2-7(6-17)12(16)18/h4-5,7H,1-3,6,15H2,(H2,16,18). The summed E-state index contributed by atoms with van der Waals surface area (Å²) < 4.78 is 26.5. The lowest BCUT2D eigenvalue weighted by Gasteiger charge is -2.30. The number of carbonyl (C=O) groups excluding carboxylic acids is 1. The van der Waals surface area contributed by atoms with Gasteiger partial charge in [0.2, 0.25) is 15.9 Å². The normalized spacial score (nSPS) is 20.4. The topological polar surface area (TPSA) is 106 Å². The summed E-state index contributed by atoms with van der Waals surface area (Å²) in [5.74, 6) is -1.01. The Hall–Kier alpha value is -1.02. The Morgan fingerprint density at radius 3 is 2.38 bits per heavy atom. The Bertz CT molecular complexity index is 655. The van der Waals surface area contributed by atoms with Crippen molar-refractivity contribution in [3.05, 3.63) is 22.2 Å². The molecule has 21 heavy (non-hydrogen) atoms. The maximum Gasteiger partial charge on any atom is 0.246 e. The predicted octanol–water partition coefficient (Wildman–Crippen LogP) is 1.46. The van der Waals surface area contributed by atoms with Crippen LogP contribution in [0.5, 0.6) is 0 Å². The second kappa shape index (κ2) is 6.00. The molecule has 1 aromatic carbocycles. The van der Waals surface area contributed by atoms with E-state index in [1.165, 1.54) is 16.4 Å². The number of hydrogen-bond acceptors (Lipinski definition) is 4. The number of benzene rings is 1. The van der Waals surface area contributed by atoms with E-state index in [0.29, 0.717) is 19.4 Å². The number of carbonyl (C=O) groups is 1. The summed E-state index contributed by atoms with van der Waals surface area (Å²) in [5, 5.41) is -0.0811. The summed E-state index contributed by atoms with van der Waals surface area (Å²) in [6.07, 6.45) is 1.13. The summed E-state index contributed by atoms with van der Waals surface area (Å²) in [5.41, 5.74) is 11.1. The predicted molar refractivity (Wildman–Crippen MR) is 81.6 cm³/mol. The molecule has 0 aliphatic carbocycles. The van der Waals surface area contributed by atoms with Gasteiger partial charge in [0.1, 0.15) is 4.90 Å². The van der Waals surface area contributed by atoms with Crippen molar-refractivity contribution in [1.29, 1.82) is 0 Å². The first-order valence-corrected chi connectivity index (χ1v) is 8.47. The van der Waals surface area contributed by atoms with Crippen molar-refractivity contribution in [3.8, 4) is 0 Å². The molecule has 0 radical (unpaired) electrons. The fourth-order valence-corrected chi connectivity index (χ4v) is 5.05. The molecule has 1 aliphatic rings. The van der Waals surface area contributed by atoms with Gasteiger partial charge in [-0.15, -0.1) is 0 Å². The fraction of sp³-hybridized carbons (Fsp3) is 0.417. The van der Waals surface area contributed by atoms with Crippen LogP contribution >= 0.6 is 23.2 Å². The molecule has 1 atom stereocenters. The highest BCUT2D eigenvalue weighted by Gasteiger charge is 2.34. The van der Waals surface area contributed by atoms with E-state index in [1.54, 1.807) is 0 Å². The van der Waals surface area contributed by atoms with Crippen LogP contribution in [-0.2, 0) is 14.8 Å². The van der Waals surface area contributed by atoms with Crippen molar-refractivity contribution in [2.75, 3.05) is 18.8 Å². The van der Waals surface area contributed by atoms with Crippen LogP contribution in [-0.4, -0.2) is 31.7 Å². The molecule has 4 N–H and O–H groups in total. The van der Waals surface area contributed by atoms with Crippen LogP contribution < -0.4 is 11.5 Å². The second-order valence-corrected chi connectivity index (χ2v) is 7.61. The van der Waals surface area contributed by atoms with Gasteiger partial charge in [0.25, 0.3) is 0 Å². The number of nitrogens with two attached hydrogens (primary N) is 2. The van der Waals surface area contributed by atoms with Crippen molar-refractivity contribution < 1.29 is 13.2 Å². The van der Waals surface area contributed by atoms with E-state index in [1.807, 2.05) is 0 Å². The Balaban J connectivity index is 2.41. The van der Waals surface area contributed by atoms with Gasteiger partial charge >= 0.3 is 0 Å². The van der Waals surface area contributed by atoms with Crippen molar-refractivity contribution in [2.24, 2.45) is 11.7 Å². The lowest BCUT2D eigenvalue weighted by Crippen LogP contribution is -2.44. The summed E-state index contributed by atoms with van der Waals surface area (Å²) >= 11 is 12.0. The third-order valence-corrected chi connectivity index (χ3v) is 6.19. The molecular weight excluding hydrogens is 337 g/mol. The molecule has 1 amide bonds. The van der Waals surface area contributed by atoms with Gasteiger partial charge in [-0.05, 0) is 25.0 Å². The van der Waals surface area contributed by atoms with E-state index in [9.17, 15) is 13.2 Å². The van der Waals surface area contributed by atoms with E-state index in [4.69, 9.17) is 34.7 Å². The average Bonchev–Trinajstić information content (AvgIpc) is 2.37. The molecule has 0 aromatic heterocycles. The number of rotatable bonds is 3. The van der Waals surface area contributed by atoms with Gasteiger partial charge in [0, 0.05) is 18.8 Å². The third-order valence-electron chi connectivity index (χ3n) is 3.40. The van der Waals surface area contributed by atoms with Crippen LogP contribution in [0, 0.1) is 5.92 Å². The molecule has 6 nitrogen and oxygen atoms in total.